The van der Waals surface area contributed by atoms with E-state index in [1.54, 1.807) is 19.1 Å². The fourth-order valence-corrected chi connectivity index (χ4v) is 2.54. The van der Waals surface area contributed by atoms with Crippen molar-refractivity contribution in [3.8, 4) is 0 Å². The van der Waals surface area contributed by atoms with Gasteiger partial charge in [-0.15, -0.1) is 0 Å². The fraction of sp³-hybridized carbons (Fsp3) is 0.375. The zero-order chi connectivity index (χ0) is 17.5. The van der Waals surface area contributed by atoms with Crippen molar-refractivity contribution < 1.29 is 19.4 Å². The Morgan fingerprint density at radius 3 is 2.83 bits per heavy atom. The number of carbonyl (C=O) groups excluding carboxylic acids is 1. The first-order chi connectivity index (χ1) is 11.6. The third-order valence-electron chi connectivity index (χ3n) is 3.21. The molecule has 130 valence electrons. The van der Waals surface area contributed by atoms with E-state index >= 15 is 0 Å². The number of carbonyl (C=O) groups is 1. The molecule has 0 unspecified atom stereocenters. The van der Waals surface area contributed by atoms with E-state index in [2.05, 4.69) is 10.3 Å². The number of aromatic nitrogens is 1. The summed E-state index contributed by atoms with van der Waals surface area (Å²) < 4.78 is 10.3. The molecule has 1 aromatic heterocycles. The number of halogens is 2. The van der Waals surface area contributed by atoms with E-state index in [0.29, 0.717) is 45.4 Å². The van der Waals surface area contributed by atoms with Gasteiger partial charge in [0.2, 0.25) is 0 Å². The van der Waals surface area contributed by atoms with E-state index in [1.807, 2.05) is 0 Å². The molecule has 0 fully saturated rings. The number of hydrogen-bond donors (Lipinski definition) is 2. The maximum Gasteiger partial charge on any atom is 0.341 e. The first-order valence-electron chi connectivity index (χ1n) is 7.46. The number of benzene rings is 1. The number of hydrogen-bond acceptors (Lipinski definition) is 6. The van der Waals surface area contributed by atoms with Gasteiger partial charge in [0.15, 0.2) is 0 Å². The standard InChI is InChI=1S/C16H18Cl2N2O4/c1-2-24-16(22)11-9-20-15-10(3-4-12(17)13(15)18)14(11)19-5-7-23-8-6-21/h3-4,9,21H,2,5-8H2,1H3,(H,19,20). The fourth-order valence-electron chi connectivity index (χ4n) is 2.18. The second-order valence-corrected chi connectivity index (χ2v) is 5.57. The third kappa shape index (κ3) is 4.27. The largest absolute Gasteiger partial charge is 0.462 e. The van der Waals surface area contributed by atoms with E-state index in [9.17, 15) is 4.79 Å². The lowest BCUT2D eigenvalue weighted by molar-refractivity contribution is 0.0527. The van der Waals surface area contributed by atoms with Crippen LogP contribution in [-0.2, 0) is 9.47 Å². The van der Waals surface area contributed by atoms with Gasteiger partial charge in [0, 0.05) is 18.1 Å². The molecule has 0 spiro atoms. The van der Waals surface area contributed by atoms with Gasteiger partial charge in [0.1, 0.15) is 5.56 Å². The summed E-state index contributed by atoms with van der Waals surface area (Å²) in [6.07, 6.45) is 1.42. The summed E-state index contributed by atoms with van der Waals surface area (Å²) in [6.45, 7) is 3.02. The van der Waals surface area contributed by atoms with Gasteiger partial charge in [0.05, 0.1) is 47.7 Å². The van der Waals surface area contributed by atoms with Crippen molar-refractivity contribution in [1.29, 1.82) is 0 Å². The molecule has 0 aliphatic rings. The van der Waals surface area contributed by atoms with Crippen LogP contribution in [-0.4, -0.2) is 49.0 Å². The summed E-state index contributed by atoms with van der Waals surface area (Å²) in [5, 5.41) is 13.2. The summed E-state index contributed by atoms with van der Waals surface area (Å²) in [7, 11) is 0. The molecule has 0 amide bonds. The highest BCUT2D eigenvalue weighted by Gasteiger charge is 2.18. The number of aliphatic hydroxyl groups is 1. The van der Waals surface area contributed by atoms with Gasteiger partial charge in [-0.1, -0.05) is 23.2 Å². The summed E-state index contributed by atoms with van der Waals surface area (Å²) in [4.78, 5) is 16.4. The topological polar surface area (TPSA) is 80.7 Å². The lowest BCUT2D eigenvalue weighted by Gasteiger charge is -2.15. The first-order valence-corrected chi connectivity index (χ1v) is 8.22. The molecule has 6 nitrogen and oxygen atoms in total. The summed E-state index contributed by atoms with van der Waals surface area (Å²) in [5.74, 6) is -0.475. The lowest BCUT2D eigenvalue weighted by Crippen LogP contribution is -2.15. The van der Waals surface area contributed by atoms with Crippen molar-refractivity contribution >= 4 is 45.8 Å². The van der Waals surface area contributed by atoms with E-state index in [0.717, 1.165) is 0 Å². The Morgan fingerprint density at radius 2 is 2.12 bits per heavy atom. The van der Waals surface area contributed by atoms with Crippen LogP contribution in [0.2, 0.25) is 10.0 Å². The number of nitrogens with one attached hydrogen (secondary N) is 1. The maximum absolute atomic E-state index is 12.2. The van der Waals surface area contributed by atoms with Crippen LogP contribution in [0.25, 0.3) is 10.9 Å². The molecule has 2 rings (SSSR count). The number of nitrogens with zero attached hydrogens (tertiary/aromatic N) is 1. The molecule has 2 N–H and O–H groups in total. The smallest absolute Gasteiger partial charge is 0.341 e. The van der Waals surface area contributed by atoms with Gasteiger partial charge in [-0.2, -0.15) is 0 Å². The van der Waals surface area contributed by atoms with Crippen LogP contribution in [0.1, 0.15) is 17.3 Å². The molecule has 2 aromatic rings. The average Bonchev–Trinajstić information content (AvgIpc) is 2.58. The van der Waals surface area contributed by atoms with E-state index in [1.165, 1.54) is 6.20 Å². The number of ether oxygens (including phenoxy) is 2. The molecular formula is C16H18Cl2N2O4. The van der Waals surface area contributed by atoms with Gasteiger partial charge < -0.3 is 19.9 Å². The second-order valence-electron chi connectivity index (χ2n) is 4.79. The van der Waals surface area contributed by atoms with Crippen molar-refractivity contribution in [3.63, 3.8) is 0 Å². The Kier molecular flexibility index (Phi) is 7.05. The number of esters is 1. The van der Waals surface area contributed by atoms with Crippen LogP contribution < -0.4 is 5.32 Å². The van der Waals surface area contributed by atoms with E-state index < -0.39 is 5.97 Å². The molecule has 1 aromatic carbocycles. The van der Waals surface area contributed by atoms with Crippen molar-refractivity contribution in [2.45, 2.75) is 6.92 Å². The highest BCUT2D eigenvalue weighted by atomic mass is 35.5. The molecule has 0 saturated heterocycles. The van der Waals surface area contributed by atoms with Crippen molar-refractivity contribution in [3.05, 3.63) is 33.9 Å². The monoisotopic (exact) mass is 372 g/mol. The number of pyridine rings is 1. The quantitative estimate of drug-likeness (QED) is 0.547. The Bertz CT molecular complexity index is 725. The molecule has 0 aliphatic carbocycles. The Morgan fingerprint density at radius 1 is 1.33 bits per heavy atom. The zero-order valence-electron chi connectivity index (χ0n) is 13.1. The molecule has 0 atom stereocenters. The number of anilines is 1. The minimum Gasteiger partial charge on any atom is -0.462 e. The van der Waals surface area contributed by atoms with Gasteiger partial charge in [-0.25, -0.2) is 4.79 Å². The summed E-state index contributed by atoms with van der Waals surface area (Å²) >= 11 is 12.2. The minimum absolute atomic E-state index is 0.0413. The van der Waals surface area contributed by atoms with Gasteiger partial charge in [0.25, 0.3) is 0 Å². The van der Waals surface area contributed by atoms with Crippen LogP contribution >= 0.6 is 23.2 Å². The molecule has 1 heterocycles. The van der Waals surface area contributed by atoms with Gasteiger partial charge >= 0.3 is 5.97 Å². The van der Waals surface area contributed by atoms with Gasteiger partial charge in [-0.05, 0) is 19.1 Å². The predicted octanol–water partition coefficient (Wildman–Crippen LogP) is 3.14. The lowest BCUT2D eigenvalue weighted by atomic mass is 10.1. The minimum atomic E-state index is -0.475. The predicted molar refractivity (Wildman–Crippen MR) is 94.1 cm³/mol. The molecule has 24 heavy (non-hydrogen) atoms. The number of rotatable bonds is 8. The first kappa shape index (κ1) is 18.7. The molecule has 0 radical (unpaired) electrons. The zero-order valence-corrected chi connectivity index (χ0v) is 14.7. The highest BCUT2D eigenvalue weighted by Crippen LogP contribution is 2.34. The van der Waals surface area contributed by atoms with E-state index in [4.69, 9.17) is 37.8 Å². The second kappa shape index (κ2) is 9.03. The molecule has 0 aliphatic heterocycles. The van der Waals surface area contributed by atoms with Crippen molar-refractivity contribution in [2.24, 2.45) is 0 Å². The number of fused-ring (bicyclic) bond motifs is 1. The van der Waals surface area contributed by atoms with Gasteiger partial charge in [-0.3, -0.25) is 4.98 Å². The molecule has 0 saturated carbocycles. The van der Waals surface area contributed by atoms with E-state index in [-0.39, 0.29) is 19.8 Å². The van der Waals surface area contributed by atoms with Crippen molar-refractivity contribution in [2.75, 3.05) is 38.3 Å². The highest BCUT2D eigenvalue weighted by molar-refractivity contribution is 6.45. The SMILES string of the molecule is CCOC(=O)c1cnc2c(Cl)c(Cl)ccc2c1NCCOCCO. The average molecular weight is 373 g/mol. The Labute approximate surface area is 149 Å². The summed E-state index contributed by atoms with van der Waals surface area (Å²) in [6, 6.07) is 3.40. The third-order valence-corrected chi connectivity index (χ3v) is 4.00. The molecule has 0 bridgehead atoms. The molecular weight excluding hydrogens is 355 g/mol. The Balaban J connectivity index is 2.38. The summed E-state index contributed by atoms with van der Waals surface area (Å²) in [5.41, 5.74) is 1.37. The van der Waals surface area contributed by atoms with Crippen LogP contribution in [0, 0.1) is 0 Å². The normalized spacial score (nSPS) is 10.8. The van der Waals surface area contributed by atoms with Crippen LogP contribution in [0.15, 0.2) is 18.3 Å². The Hall–Kier alpha value is -1.60. The number of aliphatic hydroxyl groups excluding tert-OH is 1. The van der Waals surface area contributed by atoms with Crippen LogP contribution in [0.5, 0.6) is 0 Å². The van der Waals surface area contributed by atoms with Crippen molar-refractivity contribution in [1.82, 2.24) is 4.98 Å². The molecule has 8 heteroatoms. The van der Waals surface area contributed by atoms with Crippen LogP contribution in [0.3, 0.4) is 0 Å². The van der Waals surface area contributed by atoms with Crippen LogP contribution in [0.4, 0.5) is 5.69 Å². The maximum atomic E-state index is 12.2.